The lowest BCUT2D eigenvalue weighted by molar-refractivity contribution is 1.10. The minimum atomic E-state index is 0.756. The molecule has 2 N–H and O–H groups in total. The molecule has 0 spiro atoms. The topological polar surface area (TPSA) is 49.8 Å². The fourth-order valence-electron chi connectivity index (χ4n) is 1.34. The maximum Gasteiger partial charge on any atom is 0.127 e. The second-order valence-electron chi connectivity index (χ2n) is 3.40. The van der Waals surface area contributed by atoms with Crippen molar-refractivity contribution >= 4 is 22.8 Å². The maximum atomic E-state index is 4.30. The molecule has 2 rings (SSSR count). The van der Waals surface area contributed by atoms with Crippen LogP contribution in [0.2, 0.25) is 0 Å². The molecule has 0 bridgehead atoms. The van der Waals surface area contributed by atoms with E-state index in [1.807, 2.05) is 25.4 Å². The van der Waals surface area contributed by atoms with Crippen LogP contribution in [0.3, 0.4) is 0 Å². The summed E-state index contributed by atoms with van der Waals surface area (Å²) in [7, 11) is 1.86. The van der Waals surface area contributed by atoms with E-state index in [-0.39, 0.29) is 0 Å². The van der Waals surface area contributed by atoms with E-state index in [1.165, 1.54) is 4.88 Å². The van der Waals surface area contributed by atoms with E-state index < -0.39 is 0 Å². The standard InChI is InChI=1S/C11H14N4S/c1-8-6-15-11(16-8)7-14-9-3-4-13-10(5-9)12-2/h3-6H,7H2,1-2H3,(H2,12,13,14). The van der Waals surface area contributed by atoms with Crippen molar-refractivity contribution in [3.63, 3.8) is 0 Å². The number of nitrogens with zero attached hydrogens (tertiary/aromatic N) is 2. The first-order chi connectivity index (χ1) is 7.78. The Morgan fingerprint density at radius 3 is 2.94 bits per heavy atom. The molecule has 0 aliphatic heterocycles. The molecule has 0 aliphatic rings. The molecule has 16 heavy (non-hydrogen) atoms. The molecular formula is C11H14N4S. The lowest BCUT2D eigenvalue weighted by atomic mass is 10.4. The van der Waals surface area contributed by atoms with Crippen molar-refractivity contribution in [2.45, 2.75) is 13.5 Å². The third-order valence-electron chi connectivity index (χ3n) is 2.13. The molecule has 2 aromatic rings. The van der Waals surface area contributed by atoms with Gasteiger partial charge in [0.25, 0.3) is 0 Å². The van der Waals surface area contributed by atoms with E-state index in [4.69, 9.17) is 0 Å². The van der Waals surface area contributed by atoms with Crippen LogP contribution < -0.4 is 10.6 Å². The van der Waals surface area contributed by atoms with Crippen molar-refractivity contribution < 1.29 is 0 Å². The Labute approximate surface area is 98.8 Å². The lowest BCUT2D eigenvalue weighted by Crippen LogP contribution is -2.00. The van der Waals surface area contributed by atoms with Gasteiger partial charge in [0.1, 0.15) is 10.8 Å². The number of anilines is 2. The summed E-state index contributed by atoms with van der Waals surface area (Å²) in [5.41, 5.74) is 1.05. The molecule has 84 valence electrons. The van der Waals surface area contributed by atoms with Crippen LogP contribution in [-0.4, -0.2) is 17.0 Å². The fraction of sp³-hybridized carbons (Fsp3) is 0.273. The van der Waals surface area contributed by atoms with E-state index in [9.17, 15) is 0 Å². The van der Waals surface area contributed by atoms with Crippen molar-refractivity contribution in [2.24, 2.45) is 0 Å². The largest absolute Gasteiger partial charge is 0.378 e. The Kier molecular flexibility index (Phi) is 3.36. The van der Waals surface area contributed by atoms with Gasteiger partial charge in [-0.05, 0) is 13.0 Å². The number of aryl methyl sites for hydroxylation is 1. The van der Waals surface area contributed by atoms with Gasteiger partial charge in [0.15, 0.2) is 0 Å². The Bertz CT molecular complexity index is 467. The average Bonchev–Trinajstić information content (AvgIpc) is 2.73. The van der Waals surface area contributed by atoms with Gasteiger partial charge >= 0.3 is 0 Å². The zero-order valence-corrected chi connectivity index (χ0v) is 10.1. The molecule has 4 nitrogen and oxygen atoms in total. The van der Waals surface area contributed by atoms with E-state index in [0.717, 1.165) is 23.1 Å². The second-order valence-corrected chi connectivity index (χ2v) is 4.72. The van der Waals surface area contributed by atoms with Gasteiger partial charge in [-0.3, -0.25) is 0 Å². The van der Waals surface area contributed by atoms with E-state index in [2.05, 4.69) is 27.5 Å². The molecule has 0 aromatic carbocycles. The van der Waals surface area contributed by atoms with E-state index >= 15 is 0 Å². The SMILES string of the molecule is CNc1cc(NCc2ncc(C)s2)ccn1. The van der Waals surface area contributed by atoms with E-state index in [1.54, 1.807) is 17.5 Å². The predicted octanol–water partition coefficient (Wildman–Crippen LogP) is 2.50. The first-order valence-electron chi connectivity index (χ1n) is 5.07. The third kappa shape index (κ3) is 2.70. The zero-order valence-electron chi connectivity index (χ0n) is 9.32. The van der Waals surface area contributed by atoms with Crippen LogP contribution in [0.25, 0.3) is 0 Å². The normalized spacial score (nSPS) is 10.1. The molecule has 0 fully saturated rings. The van der Waals surface area contributed by atoms with Gasteiger partial charge in [0.05, 0.1) is 6.54 Å². The van der Waals surface area contributed by atoms with Gasteiger partial charge in [-0.1, -0.05) is 0 Å². The summed E-state index contributed by atoms with van der Waals surface area (Å²) in [5.74, 6) is 0.861. The van der Waals surface area contributed by atoms with E-state index in [0.29, 0.717) is 0 Å². The van der Waals surface area contributed by atoms with Gasteiger partial charge in [-0.25, -0.2) is 9.97 Å². The zero-order chi connectivity index (χ0) is 11.4. The number of thiazole rings is 1. The number of nitrogens with one attached hydrogen (secondary N) is 2. The molecular weight excluding hydrogens is 220 g/mol. The lowest BCUT2D eigenvalue weighted by Gasteiger charge is -2.05. The summed E-state index contributed by atoms with van der Waals surface area (Å²) >= 11 is 1.71. The molecule has 0 saturated carbocycles. The first-order valence-corrected chi connectivity index (χ1v) is 5.88. The molecule has 5 heteroatoms. The summed E-state index contributed by atoms with van der Waals surface area (Å²) in [6.45, 7) is 2.82. The highest BCUT2D eigenvalue weighted by Gasteiger charge is 1.99. The molecule has 0 amide bonds. The van der Waals surface area contributed by atoms with Crippen molar-refractivity contribution in [1.29, 1.82) is 0 Å². The number of hydrogen-bond donors (Lipinski definition) is 2. The smallest absolute Gasteiger partial charge is 0.127 e. The molecule has 2 aromatic heterocycles. The third-order valence-corrected chi connectivity index (χ3v) is 3.04. The molecule has 0 aliphatic carbocycles. The van der Waals surface area contributed by atoms with Gasteiger partial charge in [-0.15, -0.1) is 11.3 Å². The monoisotopic (exact) mass is 234 g/mol. The minimum absolute atomic E-state index is 0.756. The minimum Gasteiger partial charge on any atom is -0.378 e. The number of pyridine rings is 1. The van der Waals surface area contributed by atoms with Crippen LogP contribution in [0, 0.1) is 6.92 Å². The van der Waals surface area contributed by atoms with Gasteiger partial charge in [0, 0.05) is 36.1 Å². The van der Waals surface area contributed by atoms with Crippen molar-refractivity contribution in [3.05, 3.63) is 34.4 Å². The Hall–Kier alpha value is -1.62. The highest BCUT2D eigenvalue weighted by Crippen LogP contribution is 2.15. The maximum absolute atomic E-state index is 4.30. The number of aromatic nitrogens is 2. The van der Waals surface area contributed by atoms with Crippen molar-refractivity contribution in [2.75, 3.05) is 17.7 Å². The highest BCUT2D eigenvalue weighted by atomic mass is 32.1. The van der Waals surface area contributed by atoms with Crippen LogP contribution in [0.15, 0.2) is 24.5 Å². The molecule has 0 saturated heterocycles. The molecule has 2 heterocycles. The number of rotatable bonds is 4. The van der Waals surface area contributed by atoms with Gasteiger partial charge in [-0.2, -0.15) is 0 Å². The van der Waals surface area contributed by atoms with Crippen LogP contribution >= 0.6 is 11.3 Å². The van der Waals surface area contributed by atoms with Crippen molar-refractivity contribution in [1.82, 2.24) is 9.97 Å². The summed E-state index contributed by atoms with van der Waals surface area (Å²) in [5, 5.41) is 7.42. The highest BCUT2D eigenvalue weighted by molar-refractivity contribution is 7.11. The van der Waals surface area contributed by atoms with Crippen LogP contribution in [0.4, 0.5) is 11.5 Å². The van der Waals surface area contributed by atoms with Gasteiger partial charge in [0.2, 0.25) is 0 Å². The summed E-state index contributed by atoms with van der Waals surface area (Å²) in [6.07, 6.45) is 3.68. The van der Waals surface area contributed by atoms with Crippen LogP contribution in [-0.2, 0) is 6.54 Å². The Morgan fingerprint density at radius 2 is 2.25 bits per heavy atom. The number of hydrogen-bond acceptors (Lipinski definition) is 5. The first kappa shape index (κ1) is 10.9. The quantitative estimate of drug-likeness (QED) is 0.853. The molecule has 0 unspecified atom stereocenters. The second kappa shape index (κ2) is 4.94. The Morgan fingerprint density at radius 1 is 1.38 bits per heavy atom. The average molecular weight is 234 g/mol. The molecule has 0 radical (unpaired) electrons. The Balaban J connectivity index is 1.99. The van der Waals surface area contributed by atoms with Crippen LogP contribution in [0.1, 0.15) is 9.88 Å². The van der Waals surface area contributed by atoms with Crippen molar-refractivity contribution in [3.8, 4) is 0 Å². The molecule has 0 atom stereocenters. The summed E-state index contributed by atoms with van der Waals surface area (Å²) in [6, 6.07) is 3.92. The summed E-state index contributed by atoms with van der Waals surface area (Å²) in [4.78, 5) is 9.69. The van der Waals surface area contributed by atoms with Crippen LogP contribution in [0.5, 0.6) is 0 Å². The fourth-order valence-corrected chi connectivity index (χ4v) is 2.06. The predicted molar refractivity (Wildman–Crippen MR) is 68.0 cm³/mol. The summed E-state index contributed by atoms with van der Waals surface area (Å²) < 4.78 is 0. The van der Waals surface area contributed by atoms with Gasteiger partial charge < -0.3 is 10.6 Å².